The molecule has 100 valence electrons. The lowest BCUT2D eigenvalue weighted by molar-refractivity contribution is 0.0282. The first-order valence-corrected chi connectivity index (χ1v) is 7.11. The summed E-state index contributed by atoms with van der Waals surface area (Å²) in [7, 11) is 1.76. The summed E-state index contributed by atoms with van der Waals surface area (Å²) in [5.74, 6) is 0.870. The van der Waals surface area contributed by atoms with Crippen molar-refractivity contribution in [1.82, 2.24) is 5.32 Å². The van der Waals surface area contributed by atoms with Gasteiger partial charge in [-0.25, -0.2) is 0 Å². The third kappa shape index (κ3) is 2.83. The van der Waals surface area contributed by atoms with Crippen LogP contribution in [0, 0.1) is 11.3 Å². The lowest BCUT2D eigenvalue weighted by atomic mass is 9.69. The van der Waals surface area contributed by atoms with Crippen molar-refractivity contribution in [2.24, 2.45) is 11.3 Å². The first-order valence-electron chi connectivity index (χ1n) is 7.11. The monoisotopic (exact) mass is 241 g/mol. The Balaban J connectivity index is 1.92. The molecule has 2 aliphatic rings. The second-order valence-corrected chi connectivity index (χ2v) is 5.65. The highest BCUT2D eigenvalue weighted by molar-refractivity contribution is 4.98. The number of nitrogens with one attached hydrogen (secondary N) is 1. The van der Waals surface area contributed by atoms with Crippen molar-refractivity contribution in [3.63, 3.8) is 0 Å². The van der Waals surface area contributed by atoms with Gasteiger partial charge in [-0.2, -0.15) is 0 Å². The summed E-state index contributed by atoms with van der Waals surface area (Å²) in [6.45, 7) is 6.07. The van der Waals surface area contributed by atoms with Gasteiger partial charge < -0.3 is 14.8 Å². The Morgan fingerprint density at radius 1 is 1.35 bits per heavy atom. The van der Waals surface area contributed by atoms with Crippen LogP contribution in [0.15, 0.2) is 0 Å². The molecule has 0 spiro atoms. The van der Waals surface area contributed by atoms with E-state index in [9.17, 15) is 0 Å². The van der Waals surface area contributed by atoms with Crippen LogP contribution in [-0.2, 0) is 9.47 Å². The van der Waals surface area contributed by atoms with Crippen LogP contribution in [0.4, 0.5) is 0 Å². The minimum atomic E-state index is 0.393. The van der Waals surface area contributed by atoms with E-state index >= 15 is 0 Å². The van der Waals surface area contributed by atoms with E-state index in [2.05, 4.69) is 12.2 Å². The molecule has 1 aliphatic carbocycles. The van der Waals surface area contributed by atoms with E-state index in [-0.39, 0.29) is 0 Å². The predicted molar refractivity (Wildman–Crippen MR) is 69.2 cm³/mol. The average Bonchev–Trinajstić information content (AvgIpc) is 2.95. The predicted octanol–water partition coefficient (Wildman–Crippen LogP) is 2.21. The number of hydrogen-bond acceptors (Lipinski definition) is 3. The first kappa shape index (κ1) is 13.3. The zero-order chi connectivity index (χ0) is 12.1. The van der Waals surface area contributed by atoms with Crippen LogP contribution in [0.25, 0.3) is 0 Å². The van der Waals surface area contributed by atoms with Gasteiger partial charge in [0.05, 0.1) is 12.7 Å². The molecule has 1 N–H and O–H groups in total. The van der Waals surface area contributed by atoms with Gasteiger partial charge in [0.25, 0.3) is 0 Å². The summed E-state index contributed by atoms with van der Waals surface area (Å²) >= 11 is 0. The van der Waals surface area contributed by atoms with E-state index in [1.807, 2.05) is 0 Å². The maximum Gasteiger partial charge on any atom is 0.0618 e. The van der Waals surface area contributed by atoms with E-state index < -0.39 is 0 Å². The SMILES string of the molecule is COCCNCC1(C2CCCC2)CCOC1C. The number of methoxy groups -OCH3 is 1. The number of hydrogen-bond donors (Lipinski definition) is 1. The maximum atomic E-state index is 5.87. The Morgan fingerprint density at radius 2 is 2.12 bits per heavy atom. The van der Waals surface area contributed by atoms with Crippen molar-refractivity contribution < 1.29 is 9.47 Å². The van der Waals surface area contributed by atoms with Gasteiger partial charge in [0, 0.05) is 32.2 Å². The van der Waals surface area contributed by atoms with E-state index in [1.165, 1.54) is 32.1 Å². The fourth-order valence-electron chi connectivity index (χ4n) is 3.70. The normalized spacial score (nSPS) is 34.6. The second kappa shape index (κ2) is 6.17. The molecule has 2 unspecified atom stereocenters. The van der Waals surface area contributed by atoms with E-state index in [0.717, 1.165) is 32.2 Å². The lowest BCUT2D eigenvalue weighted by Gasteiger charge is -2.38. The molecule has 2 atom stereocenters. The van der Waals surface area contributed by atoms with Crippen molar-refractivity contribution in [3.05, 3.63) is 0 Å². The lowest BCUT2D eigenvalue weighted by Crippen LogP contribution is -2.45. The van der Waals surface area contributed by atoms with Crippen molar-refractivity contribution >= 4 is 0 Å². The van der Waals surface area contributed by atoms with Gasteiger partial charge in [0.2, 0.25) is 0 Å². The van der Waals surface area contributed by atoms with Crippen molar-refractivity contribution in [1.29, 1.82) is 0 Å². The summed E-state index contributed by atoms with van der Waals surface area (Å²) in [6, 6.07) is 0. The van der Waals surface area contributed by atoms with Crippen LogP contribution >= 0.6 is 0 Å². The van der Waals surface area contributed by atoms with Gasteiger partial charge in [-0.1, -0.05) is 12.8 Å². The molecule has 3 nitrogen and oxygen atoms in total. The number of rotatable bonds is 6. The summed E-state index contributed by atoms with van der Waals surface area (Å²) < 4.78 is 11.0. The molecule has 1 saturated carbocycles. The molecular weight excluding hydrogens is 214 g/mol. The Hall–Kier alpha value is -0.120. The van der Waals surface area contributed by atoms with Crippen LogP contribution < -0.4 is 5.32 Å². The largest absolute Gasteiger partial charge is 0.383 e. The molecule has 17 heavy (non-hydrogen) atoms. The Kier molecular flexibility index (Phi) is 4.83. The van der Waals surface area contributed by atoms with E-state index in [0.29, 0.717) is 11.5 Å². The zero-order valence-corrected chi connectivity index (χ0v) is 11.3. The molecule has 0 amide bonds. The standard InChI is InChI=1S/C14H27NO2/c1-12-14(7-9-17-12,11-15-8-10-16-2)13-5-3-4-6-13/h12-13,15H,3-11H2,1-2H3. The van der Waals surface area contributed by atoms with Gasteiger partial charge in [-0.05, 0) is 32.1 Å². The molecular formula is C14H27NO2. The fourth-order valence-corrected chi connectivity index (χ4v) is 3.70. The molecule has 2 rings (SSSR count). The highest BCUT2D eigenvalue weighted by Crippen LogP contribution is 2.48. The number of ether oxygens (including phenoxy) is 2. The molecule has 3 heteroatoms. The summed E-state index contributed by atoms with van der Waals surface area (Å²) in [5.41, 5.74) is 0.393. The van der Waals surface area contributed by atoms with Gasteiger partial charge in [0.15, 0.2) is 0 Å². The molecule has 1 aliphatic heterocycles. The second-order valence-electron chi connectivity index (χ2n) is 5.65. The molecule has 1 heterocycles. The summed E-state index contributed by atoms with van der Waals surface area (Å²) in [6.07, 6.45) is 7.28. The molecule has 0 bridgehead atoms. The van der Waals surface area contributed by atoms with Crippen LogP contribution in [0.2, 0.25) is 0 Å². The molecule has 0 aromatic rings. The third-order valence-corrected chi connectivity index (χ3v) is 4.85. The van der Waals surface area contributed by atoms with Crippen molar-refractivity contribution in [3.8, 4) is 0 Å². The fraction of sp³-hybridized carbons (Fsp3) is 1.00. The van der Waals surface area contributed by atoms with Crippen LogP contribution in [-0.4, -0.2) is 39.5 Å². The molecule has 0 aromatic heterocycles. The van der Waals surface area contributed by atoms with E-state index in [4.69, 9.17) is 9.47 Å². The summed E-state index contributed by atoms with van der Waals surface area (Å²) in [5, 5.41) is 3.57. The average molecular weight is 241 g/mol. The summed E-state index contributed by atoms with van der Waals surface area (Å²) in [4.78, 5) is 0. The smallest absolute Gasteiger partial charge is 0.0618 e. The Bertz CT molecular complexity index is 228. The van der Waals surface area contributed by atoms with Gasteiger partial charge >= 0.3 is 0 Å². The van der Waals surface area contributed by atoms with Gasteiger partial charge in [-0.3, -0.25) is 0 Å². The highest BCUT2D eigenvalue weighted by atomic mass is 16.5. The molecule has 0 aromatic carbocycles. The van der Waals surface area contributed by atoms with Crippen LogP contribution in [0.1, 0.15) is 39.0 Å². The Morgan fingerprint density at radius 3 is 2.71 bits per heavy atom. The quantitative estimate of drug-likeness (QED) is 0.723. The van der Waals surface area contributed by atoms with Crippen molar-refractivity contribution in [2.45, 2.75) is 45.1 Å². The van der Waals surface area contributed by atoms with Gasteiger partial charge in [-0.15, -0.1) is 0 Å². The zero-order valence-electron chi connectivity index (χ0n) is 11.3. The van der Waals surface area contributed by atoms with Crippen LogP contribution in [0.3, 0.4) is 0 Å². The minimum Gasteiger partial charge on any atom is -0.383 e. The highest BCUT2D eigenvalue weighted by Gasteiger charge is 2.47. The maximum absolute atomic E-state index is 5.87. The first-order chi connectivity index (χ1) is 8.29. The van der Waals surface area contributed by atoms with Gasteiger partial charge in [0.1, 0.15) is 0 Å². The molecule has 0 radical (unpaired) electrons. The van der Waals surface area contributed by atoms with Crippen LogP contribution in [0.5, 0.6) is 0 Å². The Labute approximate surface area is 105 Å². The topological polar surface area (TPSA) is 30.5 Å². The third-order valence-electron chi connectivity index (χ3n) is 4.85. The van der Waals surface area contributed by atoms with Crippen molar-refractivity contribution in [2.75, 3.05) is 33.4 Å². The molecule has 1 saturated heterocycles. The minimum absolute atomic E-state index is 0.393. The van der Waals surface area contributed by atoms with E-state index in [1.54, 1.807) is 7.11 Å². The molecule has 2 fully saturated rings.